The molecule has 0 saturated carbocycles. The molecule has 9 nitrogen and oxygen atoms in total. The van der Waals surface area contributed by atoms with Gasteiger partial charge in [-0.25, -0.2) is 19.2 Å². The van der Waals surface area contributed by atoms with Crippen molar-refractivity contribution in [2.75, 3.05) is 6.61 Å². The number of ether oxygens (including phenoxy) is 3. The Labute approximate surface area is 293 Å². The minimum Gasteiger partial charge on any atom is -0.508 e. The topological polar surface area (TPSA) is 136 Å². The largest absolute Gasteiger partial charge is 0.508 e. The number of aromatic hydroxyl groups is 1. The van der Waals surface area contributed by atoms with E-state index in [-0.39, 0.29) is 45.5 Å². The average molecular weight is 681 g/mol. The van der Waals surface area contributed by atoms with E-state index in [0.717, 1.165) is 6.42 Å². The summed E-state index contributed by atoms with van der Waals surface area (Å²) in [5.74, 6) is -3.41. The zero-order chi connectivity index (χ0) is 36.0. The second kappa shape index (κ2) is 17.4. The van der Waals surface area contributed by atoms with Crippen LogP contribution >= 0.6 is 0 Å². The monoisotopic (exact) mass is 680 g/mol. The number of carboxylic acid groups (broad SMARTS) is 1. The van der Waals surface area contributed by atoms with E-state index in [0.29, 0.717) is 17.7 Å². The number of phenols is 1. The first-order chi connectivity index (χ1) is 24.8. The molecule has 0 atom stereocenters. The molecule has 0 saturated heterocycles. The number of carbonyl (C=O) groups is 4. The molecular formula is C42H32O9. The molecule has 0 spiro atoms. The Morgan fingerprint density at radius 2 is 1.00 bits per heavy atom. The summed E-state index contributed by atoms with van der Waals surface area (Å²) < 4.78 is 16.4. The maximum Gasteiger partial charge on any atom is 0.343 e. The third-order valence-electron chi connectivity index (χ3n) is 7.40. The molecule has 0 radical (unpaired) electrons. The van der Waals surface area contributed by atoms with E-state index < -0.39 is 17.9 Å². The molecule has 6 aromatic rings. The smallest absolute Gasteiger partial charge is 0.343 e. The standard InChI is InChI=1S/C27H18O7.C15H14O2/c28-20-13-11-19(12-14-20)27(32)34-24-22(33-26(31)18-9-5-2-6-10-18)16-15-21(25(29)30)23(24)17-7-3-1-4-8-17;16-15(14-9-5-2-6-10-14)17-12-11-13-7-3-1-4-8-13/h1-16,28H,(H,29,30);1-10H,11-12H2. The van der Waals surface area contributed by atoms with E-state index >= 15 is 0 Å². The van der Waals surface area contributed by atoms with E-state index in [1.54, 1.807) is 72.8 Å². The van der Waals surface area contributed by atoms with Crippen LogP contribution in [-0.2, 0) is 11.2 Å². The van der Waals surface area contributed by atoms with E-state index in [4.69, 9.17) is 14.2 Å². The number of hydrogen-bond donors (Lipinski definition) is 2. The van der Waals surface area contributed by atoms with Crippen molar-refractivity contribution >= 4 is 23.9 Å². The van der Waals surface area contributed by atoms with Gasteiger partial charge in [0.15, 0.2) is 11.5 Å². The first kappa shape index (κ1) is 35.3. The second-order valence-corrected chi connectivity index (χ2v) is 10.9. The molecule has 0 amide bonds. The van der Waals surface area contributed by atoms with Gasteiger partial charge in [-0.2, -0.15) is 0 Å². The molecule has 6 aromatic carbocycles. The van der Waals surface area contributed by atoms with Crippen molar-refractivity contribution in [3.63, 3.8) is 0 Å². The molecular weight excluding hydrogens is 648 g/mol. The lowest BCUT2D eigenvalue weighted by molar-refractivity contribution is 0.0508. The number of aromatic carboxylic acids is 1. The SMILES string of the molecule is O=C(OCCc1ccccc1)c1ccccc1.O=C(Oc1ccc(C(=O)O)c(-c2ccccc2)c1OC(=O)c1ccc(O)cc1)c1ccccc1. The van der Waals surface area contributed by atoms with Crippen molar-refractivity contribution in [1.29, 1.82) is 0 Å². The van der Waals surface area contributed by atoms with Crippen LogP contribution in [0.3, 0.4) is 0 Å². The fraction of sp³-hybridized carbons (Fsp3) is 0.0476. The third-order valence-corrected chi connectivity index (χ3v) is 7.40. The highest BCUT2D eigenvalue weighted by Gasteiger charge is 2.26. The van der Waals surface area contributed by atoms with Crippen LogP contribution < -0.4 is 9.47 Å². The van der Waals surface area contributed by atoms with Crippen molar-refractivity contribution in [3.05, 3.63) is 186 Å². The van der Waals surface area contributed by atoms with Gasteiger partial charge in [-0.1, -0.05) is 97.1 Å². The maximum absolute atomic E-state index is 12.9. The summed E-state index contributed by atoms with van der Waals surface area (Å²) >= 11 is 0. The van der Waals surface area contributed by atoms with Crippen LogP contribution in [0, 0.1) is 0 Å². The zero-order valence-electron chi connectivity index (χ0n) is 27.2. The van der Waals surface area contributed by atoms with Crippen molar-refractivity contribution in [2.45, 2.75) is 6.42 Å². The van der Waals surface area contributed by atoms with Crippen LogP contribution in [0.15, 0.2) is 158 Å². The Morgan fingerprint density at radius 1 is 0.510 bits per heavy atom. The molecule has 0 aliphatic carbocycles. The van der Waals surface area contributed by atoms with E-state index in [1.165, 1.54) is 42.0 Å². The lowest BCUT2D eigenvalue weighted by Crippen LogP contribution is -2.14. The van der Waals surface area contributed by atoms with Gasteiger partial charge in [-0.3, -0.25) is 0 Å². The van der Waals surface area contributed by atoms with Gasteiger partial charge in [0.05, 0.1) is 28.9 Å². The number of phenolic OH excluding ortho intramolecular Hbond substituents is 1. The van der Waals surface area contributed by atoms with Crippen LogP contribution in [0.1, 0.15) is 47.0 Å². The Bertz CT molecular complexity index is 2080. The van der Waals surface area contributed by atoms with Gasteiger partial charge in [0.1, 0.15) is 5.75 Å². The molecule has 51 heavy (non-hydrogen) atoms. The Balaban J connectivity index is 0.000000248. The molecule has 6 rings (SSSR count). The molecule has 0 heterocycles. The molecule has 2 N–H and O–H groups in total. The highest BCUT2D eigenvalue weighted by atomic mass is 16.6. The minimum absolute atomic E-state index is 0.0353. The highest BCUT2D eigenvalue weighted by Crippen LogP contribution is 2.42. The molecule has 0 bridgehead atoms. The molecule has 9 heteroatoms. The maximum atomic E-state index is 12.9. The van der Waals surface area contributed by atoms with Gasteiger partial charge in [-0.15, -0.1) is 0 Å². The van der Waals surface area contributed by atoms with Crippen LogP contribution in [0.2, 0.25) is 0 Å². The van der Waals surface area contributed by atoms with Gasteiger partial charge in [-0.05, 0) is 71.8 Å². The quantitative estimate of drug-likeness (QED) is 0.108. The summed E-state index contributed by atoms with van der Waals surface area (Å²) in [7, 11) is 0. The van der Waals surface area contributed by atoms with Crippen molar-refractivity contribution in [3.8, 4) is 28.4 Å². The number of carboxylic acids is 1. The predicted octanol–water partition coefficient (Wildman–Crippen LogP) is 8.28. The Morgan fingerprint density at radius 3 is 1.57 bits per heavy atom. The van der Waals surface area contributed by atoms with E-state index in [9.17, 15) is 29.4 Å². The highest BCUT2D eigenvalue weighted by molar-refractivity contribution is 6.01. The van der Waals surface area contributed by atoms with Gasteiger partial charge in [0.25, 0.3) is 0 Å². The van der Waals surface area contributed by atoms with Gasteiger partial charge >= 0.3 is 23.9 Å². The van der Waals surface area contributed by atoms with Crippen molar-refractivity contribution < 1.29 is 43.6 Å². The molecule has 0 aliphatic heterocycles. The predicted molar refractivity (Wildman–Crippen MR) is 190 cm³/mol. The molecule has 0 fully saturated rings. The number of esters is 3. The zero-order valence-corrected chi connectivity index (χ0v) is 27.2. The number of hydrogen-bond acceptors (Lipinski definition) is 8. The first-order valence-corrected chi connectivity index (χ1v) is 15.8. The van der Waals surface area contributed by atoms with Crippen LogP contribution in [-0.4, -0.2) is 40.7 Å². The van der Waals surface area contributed by atoms with Crippen LogP contribution in [0.25, 0.3) is 11.1 Å². The Hall–Kier alpha value is -7.00. The van der Waals surface area contributed by atoms with Gasteiger partial charge in [0.2, 0.25) is 0 Å². The lowest BCUT2D eigenvalue weighted by Gasteiger charge is -2.17. The second-order valence-electron chi connectivity index (χ2n) is 10.9. The average Bonchev–Trinajstić information content (AvgIpc) is 3.17. The summed E-state index contributed by atoms with van der Waals surface area (Å²) in [6.45, 7) is 0.414. The first-order valence-electron chi connectivity index (χ1n) is 15.8. The number of rotatable bonds is 10. The Kier molecular flexibility index (Phi) is 12.1. The molecule has 0 aliphatic rings. The lowest BCUT2D eigenvalue weighted by atomic mass is 9.98. The summed E-state index contributed by atoms with van der Waals surface area (Å²) in [6.07, 6.45) is 0.749. The van der Waals surface area contributed by atoms with Crippen molar-refractivity contribution in [2.24, 2.45) is 0 Å². The van der Waals surface area contributed by atoms with Crippen molar-refractivity contribution in [1.82, 2.24) is 0 Å². The van der Waals surface area contributed by atoms with Crippen LogP contribution in [0.5, 0.6) is 17.2 Å². The third kappa shape index (κ3) is 9.77. The molecule has 0 aromatic heterocycles. The van der Waals surface area contributed by atoms with E-state index in [1.807, 2.05) is 48.5 Å². The fourth-order valence-corrected chi connectivity index (χ4v) is 4.86. The van der Waals surface area contributed by atoms with Gasteiger partial charge < -0.3 is 24.4 Å². The normalized spacial score (nSPS) is 10.2. The number of carbonyl (C=O) groups excluding carboxylic acids is 3. The summed E-state index contributed by atoms with van der Waals surface area (Å²) in [6, 6.07) is 43.6. The van der Waals surface area contributed by atoms with Gasteiger partial charge in [0, 0.05) is 12.0 Å². The fourth-order valence-electron chi connectivity index (χ4n) is 4.86. The minimum atomic E-state index is -1.25. The molecule has 254 valence electrons. The summed E-state index contributed by atoms with van der Waals surface area (Å²) in [5.41, 5.74) is 2.54. The number of benzene rings is 6. The van der Waals surface area contributed by atoms with E-state index in [2.05, 4.69) is 0 Å². The summed E-state index contributed by atoms with van der Waals surface area (Å²) in [5, 5.41) is 19.3. The van der Waals surface area contributed by atoms with Crippen LogP contribution in [0.4, 0.5) is 0 Å². The molecule has 0 unspecified atom stereocenters. The summed E-state index contributed by atoms with van der Waals surface area (Å²) in [4.78, 5) is 49.3.